The van der Waals surface area contributed by atoms with Gasteiger partial charge in [0.05, 0.1) is 12.1 Å². The second-order valence-electron chi connectivity index (χ2n) is 9.39. The molecule has 0 radical (unpaired) electrons. The van der Waals surface area contributed by atoms with E-state index in [-0.39, 0.29) is 36.3 Å². The summed E-state index contributed by atoms with van der Waals surface area (Å²) in [4.78, 5) is 27.3. The summed E-state index contributed by atoms with van der Waals surface area (Å²) in [5.74, 6) is -0.333. The fourth-order valence-corrected chi connectivity index (χ4v) is 4.63. The third kappa shape index (κ3) is 4.69. The van der Waals surface area contributed by atoms with Gasteiger partial charge < -0.3 is 15.2 Å². The van der Waals surface area contributed by atoms with E-state index in [0.29, 0.717) is 6.42 Å². The van der Waals surface area contributed by atoms with Gasteiger partial charge in [-0.15, -0.1) is 5.10 Å². The van der Waals surface area contributed by atoms with Crippen molar-refractivity contribution in [3.8, 4) is 0 Å². The molecule has 1 saturated heterocycles. The molecule has 1 aliphatic heterocycles. The first-order valence-electron chi connectivity index (χ1n) is 10.4. The number of aromatic nitrogens is 2. The number of likely N-dealkylation sites (tertiary alicyclic amines) is 1. The minimum absolute atomic E-state index is 0.117. The van der Waals surface area contributed by atoms with Gasteiger partial charge in [0, 0.05) is 24.2 Å². The van der Waals surface area contributed by atoms with Gasteiger partial charge in [-0.3, -0.25) is 9.69 Å². The van der Waals surface area contributed by atoms with Crippen molar-refractivity contribution in [2.75, 3.05) is 6.54 Å². The number of rotatable bonds is 3. The van der Waals surface area contributed by atoms with E-state index in [4.69, 9.17) is 4.74 Å². The Labute approximate surface area is 172 Å². The molecule has 8 heteroatoms. The molecule has 2 fully saturated rings. The fraction of sp³-hybridized carbons (Fsp3) is 0.714. The second-order valence-corrected chi connectivity index (χ2v) is 9.39. The highest BCUT2D eigenvalue weighted by atomic mass is 16.6. The van der Waals surface area contributed by atoms with Crippen LogP contribution in [0.2, 0.25) is 0 Å². The predicted molar refractivity (Wildman–Crippen MR) is 107 cm³/mol. The van der Waals surface area contributed by atoms with E-state index in [9.17, 15) is 14.7 Å². The summed E-state index contributed by atoms with van der Waals surface area (Å²) in [6, 6.07) is 2.87. The molecule has 2 amide bonds. The molecular formula is C21H32N4O4. The fourth-order valence-electron chi connectivity index (χ4n) is 4.63. The lowest BCUT2D eigenvalue weighted by molar-refractivity contribution is -0.00901. The molecular weight excluding hydrogens is 372 g/mol. The van der Waals surface area contributed by atoms with Crippen LogP contribution < -0.4 is 5.32 Å². The number of amides is 2. The van der Waals surface area contributed by atoms with Crippen molar-refractivity contribution in [2.24, 2.45) is 5.41 Å². The SMILES string of the molecule is CC(C)(C)OC(=O)N1[C@@H](CNC(=O)c2cccnn2)C[C@@]2(C)[C@@H](O)CCCC[C@@H]12. The zero-order valence-corrected chi connectivity index (χ0v) is 17.7. The molecule has 1 saturated carbocycles. The van der Waals surface area contributed by atoms with Crippen LogP contribution >= 0.6 is 0 Å². The molecule has 2 N–H and O–H groups in total. The molecule has 8 nitrogen and oxygen atoms in total. The summed E-state index contributed by atoms with van der Waals surface area (Å²) < 4.78 is 5.68. The molecule has 0 bridgehead atoms. The summed E-state index contributed by atoms with van der Waals surface area (Å²) in [5, 5.41) is 21.3. The van der Waals surface area contributed by atoms with Crippen molar-refractivity contribution >= 4 is 12.0 Å². The maximum Gasteiger partial charge on any atom is 0.410 e. The average molecular weight is 405 g/mol. The molecule has 1 aromatic heterocycles. The van der Waals surface area contributed by atoms with Gasteiger partial charge in [0.2, 0.25) is 0 Å². The molecule has 0 aromatic carbocycles. The Morgan fingerprint density at radius 1 is 1.34 bits per heavy atom. The monoisotopic (exact) mass is 404 g/mol. The highest BCUT2D eigenvalue weighted by Crippen LogP contribution is 2.48. The van der Waals surface area contributed by atoms with Crippen molar-refractivity contribution in [3.63, 3.8) is 0 Å². The summed E-state index contributed by atoms with van der Waals surface area (Å²) in [6.45, 7) is 7.84. The van der Waals surface area contributed by atoms with E-state index < -0.39 is 17.1 Å². The Balaban J connectivity index is 1.81. The summed E-state index contributed by atoms with van der Waals surface area (Å²) in [7, 11) is 0. The first kappa shape index (κ1) is 21.5. The van der Waals surface area contributed by atoms with Crippen LogP contribution in [0.5, 0.6) is 0 Å². The average Bonchev–Trinajstić information content (AvgIpc) is 2.87. The van der Waals surface area contributed by atoms with Crippen LogP contribution in [0, 0.1) is 5.41 Å². The summed E-state index contributed by atoms with van der Waals surface area (Å²) >= 11 is 0. The lowest BCUT2D eigenvalue weighted by Crippen LogP contribution is -2.50. The van der Waals surface area contributed by atoms with Gasteiger partial charge in [-0.1, -0.05) is 19.8 Å². The van der Waals surface area contributed by atoms with Crippen molar-refractivity contribution in [3.05, 3.63) is 24.0 Å². The van der Waals surface area contributed by atoms with Crippen LogP contribution in [0.3, 0.4) is 0 Å². The predicted octanol–water partition coefficient (Wildman–Crippen LogP) is 2.53. The van der Waals surface area contributed by atoms with Gasteiger partial charge in [0.15, 0.2) is 5.69 Å². The van der Waals surface area contributed by atoms with Gasteiger partial charge in [-0.2, -0.15) is 5.10 Å². The molecule has 2 aliphatic rings. The first-order chi connectivity index (χ1) is 13.6. The maximum atomic E-state index is 13.1. The van der Waals surface area contributed by atoms with Crippen LogP contribution in [0.15, 0.2) is 18.3 Å². The molecule has 3 rings (SSSR count). The van der Waals surface area contributed by atoms with E-state index in [1.54, 1.807) is 17.0 Å². The molecule has 1 aliphatic carbocycles. The molecule has 4 atom stereocenters. The smallest absolute Gasteiger partial charge is 0.410 e. The van der Waals surface area contributed by atoms with Crippen molar-refractivity contribution < 1.29 is 19.4 Å². The summed E-state index contributed by atoms with van der Waals surface area (Å²) in [6.07, 6.45) is 4.69. The van der Waals surface area contributed by atoms with Crippen LogP contribution in [0.4, 0.5) is 4.79 Å². The number of aliphatic hydroxyl groups is 1. The van der Waals surface area contributed by atoms with E-state index in [2.05, 4.69) is 22.4 Å². The van der Waals surface area contributed by atoms with Crippen LogP contribution in [-0.4, -0.2) is 62.5 Å². The normalized spacial score (nSPS) is 29.7. The number of fused-ring (bicyclic) bond motifs is 1. The van der Waals surface area contributed by atoms with Crippen molar-refractivity contribution in [1.82, 2.24) is 20.4 Å². The lowest BCUT2D eigenvalue weighted by atomic mass is 9.75. The van der Waals surface area contributed by atoms with E-state index in [0.717, 1.165) is 25.7 Å². The number of nitrogens with zero attached hydrogens (tertiary/aromatic N) is 3. The number of hydrogen-bond acceptors (Lipinski definition) is 6. The van der Waals surface area contributed by atoms with E-state index in [1.807, 2.05) is 20.8 Å². The number of aliphatic hydroxyl groups excluding tert-OH is 1. The Kier molecular flexibility index (Phi) is 6.12. The second kappa shape index (κ2) is 8.26. The van der Waals surface area contributed by atoms with Gasteiger partial charge in [0.1, 0.15) is 5.60 Å². The number of hydrogen-bond donors (Lipinski definition) is 2. The number of carbonyl (C=O) groups is 2. The largest absolute Gasteiger partial charge is 0.444 e. The topological polar surface area (TPSA) is 105 Å². The van der Waals surface area contributed by atoms with Crippen molar-refractivity contribution in [2.45, 2.75) is 83.6 Å². The Morgan fingerprint density at radius 3 is 2.72 bits per heavy atom. The highest BCUT2D eigenvalue weighted by molar-refractivity contribution is 5.92. The standard InChI is InChI=1S/C21H32N4O4/c1-20(2,3)29-19(28)25-14(13-22-18(27)15-8-7-11-23-24-15)12-21(4)16(25)9-5-6-10-17(21)26/h7-8,11,14,16-17,26H,5-6,9-10,12-13H2,1-4H3,(H,22,27)/t14-,16-,17+,21-/m1/s1. The molecule has 160 valence electrons. The number of ether oxygens (including phenoxy) is 1. The molecule has 0 unspecified atom stereocenters. The minimum atomic E-state index is -0.618. The third-order valence-corrected chi connectivity index (χ3v) is 6.04. The minimum Gasteiger partial charge on any atom is -0.444 e. The van der Waals surface area contributed by atoms with Crippen molar-refractivity contribution in [1.29, 1.82) is 0 Å². The quantitative estimate of drug-likeness (QED) is 0.802. The Bertz CT molecular complexity index is 736. The molecule has 0 spiro atoms. The Morgan fingerprint density at radius 2 is 2.07 bits per heavy atom. The number of carbonyl (C=O) groups excluding carboxylic acids is 2. The third-order valence-electron chi connectivity index (χ3n) is 6.04. The molecule has 29 heavy (non-hydrogen) atoms. The van der Waals surface area contributed by atoms with Gasteiger partial charge >= 0.3 is 6.09 Å². The summed E-state index contributed by atoms with van der Waals surface area (Å²) in [5.41, 5.74) is -0.808. The van der Waals surface area contributed by atoms with E-state index in [1.165, 1.54) is 6.20 Å². The number of nitrogens with one attached hydrogen (secondary N) is 1. The highest BCUT2D eigenvalue weighted by Gasteiger charge is 2.55. The first-order valence-corrected chi connectivity index (χ1v) is 10.4. The van der Waals surface area contributed by atoms with Gasteiger partial charge in [-0.25, -0.2) is 4.79 Å². The van der Waals surface area contributed by atoms with E-state index >= 15 is 0 Å². The zero-order chi connectivity index (χ0) is 21.2. The van der Waals surface area contributed by atoms with Gasteiger partial charge in [-0.05, 0) is 52.2 Å². The van der Waals surface area contributed by atoms with Crippen LogP contribution in [-0.2, 0) is 4.74 Å². The van der Waals surface area contributed by atoms with Gasteiger partial charge in [0.25, 0.3) is 5.91 Å². The Hall–Kier alpha value is -2.22. The van der Waals surface area contributed by atoms with Crippen LogP contribution in [0.1, 0.15) is 70.3 Å². The maximum absolute atomic E-state index is 13.1. The molecule has 1 aromatic rings. The lowest BCUT2D eigenvalue weighted by Gasteiger charge is -2.37. The zero-order valence-electron chi connectivity index (χ0n) is 17.7. The van der Waals surface area contributed by atoms with Crippen LogP contribution in [0.25, 0.3) is 0 Å². The molecule has 2 heterocycles.